The van der Waals surface area contributed by atoms with E-state index in [0.29, 0.717) is 57.9 Å². The molecule has 1 unspecified atom stereocenters. The summed E-state index contributed by atoms with van der Waals surface area (Å²) in [4.78, 5) is 40.4. The van der Waals surface area contributed by atoms with Gasteiger partial charge in [-0.05, 0) is 26.3 Å². The van der Waals surface area contributed by atoms with Crippen molar-refractivity contribution in [2.24, 2.45) is 5.92 Å². The molecular formula is C20H29N3O5. The van der Waals surface area contributed by atoms with E-state index in [4.69, 9.17) is 15.9 Å². The van der Waals surface area contributed by atoms with Gasteiger partial charge in [0, 0.05) is 50.7 Å². The number of piperazine rings is 1. The van der Waals surface area contributed by atoms with E-state index in [1.807, 2.05) is 19.9 Å². The first kappa shape index (κ1) is 21.8. The topological polar surface area (TPSA) is 79.4 Å². The van der Waals surface area contributed by atoms with Crippen LogP contribution < -0.4 is 0 Å². The zero-order chi connectivity index (χ0) is 20.7. The van der Waals surface area contributed by atoms with Gasteiger partial charge < -0.3 is 19.3 Å². The fourth-order valence-electron chi connectivity index (χ4n) is 3.70. The van der Waals surface area contributed by atoms with Gasteiger partial charge in [-0.1, -0.05) is 5.92 Å². The Morgan fingerprint density at radius 3 is 2.43 bits per heavy atom. The average Bonchev–Trinajstić information content (AvgIpc) is 3.18. The third-order valence-electron chi connectivity index (χ3n) is 5.38. The van der Waals surface area contributed by atoms with Crippen LogP contribution in [-0.4, -0.2) is 91.7 Å². The second-order valence-corrected chi connectivity index (χ2v) is 7.64. The van der Waals surface area contributed by atoms with Crippen molar-refractivity contribution in [2.45, 2.75) is 25.8 Å². The average molecular weight is 391 g/mol. The van der Waals surface area contributed by atoms with Gasteiger partial charge in [0.05, 0.1) is 19.3 Å². The summed E-state index contributed by atoms with van der Waals surface area (Å²) < 4.78 is 9.57. The van der Waals surface area contributed by atoms with Crippen molar-refractivity contribution < 1.29 is 23.9 Å². The van der Waals surface area contributed by atoms with Gasteiger partial charge in [0.2, 0.25) is 0 Å². The van der Waals surface area contributed by atoms with Crippen LogP contribution in [0.2, 0.25) is 0 Å². The Balaban J connectivity index is 2.00. The molecule has 1 atom stereocenters. The maximum atomic E-state index is 12.9. The van der Waals surface area contributed by atoms with Crippen molar-refractivity contribution in [1.29, 1.82) is 0 Å². The van der Waals surface area contributed by atoms with Gasteiger partial charge in [0.15, 0.2) is 0 Å². The highest BCUT2D eigenvalue weighted by atomic mass is 16.5. The lowest BCUT2D eigenvalue weighted by Crippen LogP contribution is -2.55. The summed E-state index contributed by atoms with van der Waals surface area (Å²) in [5.41, 5.74) is -0.100. The molecule has 2 amide bonds. The van der Waals surface area contributed by atoms with Crippen LogP contribution in [-0.2, 0) is 19.1 Å². The van der Waals surface area contributed by atoms with E-state index in [2.05, 4.69) is 10.8 Å². The van der Waals surface area contributed by atoms with E-state index in [9.17, 15) is 14.4 Å². The standard InChI is InChI=1S/C20H29N3O5/c1-5-17(18(25)22-7-6-16(13-22)14-28-15-24)12-20(2,3)23-10-8-21(9-11-23)19(26)27-4/h1,12,15-16H,6-11,13-14H2,2-4H3/b17-12+. The maximum absolute atomic E-state index is 12.9. The molecule has 28 heavy (non-hydrogen) atoms. The monoisotopic (exact) mass is 391 g/mol. The van der Waals surface area contributed by atoms with E-state index in [-0.39, 0.29) is 17.9 Å². The predicted molar refractivity (Wildman–Crippen MR) is 103 cm³/mol. The van der Waals surface area contributed by atoms with Crippen molar-refractivity contribution in [3.05, 3.63) is 11.6 Å². The van der Waals surface area contributed by atoms with Crippen molar-refractivity contribution >= 4 is 18.5 Å². The molecule has 0 radical (unpaired) electrons. The van der Waals surface area contributed by atoms with E-state index in [1.165, 1.54) is 7.11 Å². The molecule has 2 saturated heterocycles. The highest BCUT2D eigenvalue weighted by Crippen LogP contribution is 2.23. The lowest BCUT2D eigenvalue weighted by Gasteiger charge is -2.42. The largest absolute Gasteiger partial charge is 0.468 e. The van der Waals surface area contributed by atoms with E-state index in [1.54, 1.807) is 9.80 Å². The van der Waals surface area contributed by atoms with Gasteiger partial charge in [0.1, 0.15) is 0 Å². The van der Waals surface area contributed by atoms with Crippen LogP contribution in [0.3, 0.4) is 0 Å². The number of rotatable bonds is 6. The minimum absolute atomic E-state index is 0.146. The van der Waals surface area contributed by atoms with E-state index >= 15 is 0 Å². The Kier molecular flexibility index (Phi) is 7.46. The smallest absolute Gasteiger partial charge is 0.409 e. The molecule has 2 rings (SSSR count). The first-order valence-corrected chi connectivity index (χ1v) is 9.44. The molecular weight excluding hydrogens is 362 g/mol. The molecule has 0 aromatic carbocycles. The van der Waals surface area contributed by atoms with E-state index < -0.39 is 5.54 Å². The van der Waals surface area contributed by atoms with Gasteiger partial charge in [-0.3, -0.25) is 14.5 Å². The lowest BCUT2D eigenvalue weighted by atomic mass is 9.97. The van der Waals surface area contributed by atoms with Crippen molar-refractivity contribution in [3.8, 4) is 12.3 Å². The normalized spacial score (nSPS) is 21.2. The summed E-state index contributed by atoms with van der Waals surface area (Å²) in [6.07, 6.45) is 7.94. The number of amides is 2. The molecule has 2 fully saturated rings. The number of hydrogen-bond acceptors (Lipinski definition) is 6. The zero-order valence-corrected chi connectivity index (χ0v) is 16.8. The Morgan fingerprint density at radius 2 is 1.86 bits per heavy atom. The fraction of sp³-hybridized carbons (Fsp3) is 0.650. The second-order valence-electron chi connectivity index (χ2n) is 7.64. The first-order chi connectivity index (χ1) is 13.3. The fourth-order valence-corrected chi connectivity index (χ4v) is 3.70. The molecule has 0 aromatic rings. The van der Waals surface area contributed by atoms with Crippen LogP contribution >= 0.6 is 0 Å². The van der Waals surface area contributed by atoms with Gasteiger partial charge in [0.25, 0.3) is 12.4 Å². The summed E-state index contributed by atoms with van der Waals surface area (Å²) in [6, 6.07) is 0. The third kappa shape index (κ3) is 5.26. The van der Waals surface area contributed by atoms with Crippen LogP contribution in [0, 0.1) is 18.3 Å². The van der Waals surface area contributed by atoms with Crippen LogP contribution in [0.4, 0.5) is 4.79 Å². The van der Waals surface area contributed by atoms with Crippen molar-refractivity contribution in [1.82, 2.24) is 14.7 Å². The molecule has 0 aliphatic carbocycles. The van der Waals surface area contributed by atoms with Gasteiger partial charge in [-0.15, -0.1) is 6.42 Å². The second kappa shape index (κ2) is 9.60. The highest BCUT2D eigenvalue weighted by molar-refractivity contribution is 5.98. The number of ether oxygens (including phenoxy) is 2. The summed E-state index contributed by atoms with van der Waals surface area (Å²) in [7, 11) is 1.38. The Morgan fingerprint density at radius 1 is 1.18 bits per heavy atom. The molecule has 0 aromatic heterocycles. The first-order valence-electron chi connectivity index (χ1n) is 9.44. The quantitative estimate of drug-likeness (QED) is 0.377. The Hall–Kier alpha value is -2.53. The number of methoxy groups -OCH3 is 1. The molecule has 8 nitrogen and oxygen atoms in total. The summed E-state index contributed by atoms with van der Waals surface area (Å²) in [6.45, 7) is 8.36. The van der Waals surface area contributed by atoms with Gasteiger partial charge in [-0.2, -0.15) is 0 Å². The van der Waals surface area contributed by atoms with Gasteiger partial charge >= 0.3 is 6.09 Å². The minimum atomic E-state index is -0.431. The third-order valence-corrected chi connectivity index (χ3v) is 5.38. The molecule has 154 valence electrons. The van der Waals surface area contributed by atoms with Crippen molar-refractivity contribution in [2.75, 3.05) is 53.0 Å². The Bertz CT molecular complexity index is 659. The van der Waals surface area contributed by atoms with E-state index in [0.717, 1.165) is 6.42 Å². The van der Waals surface area contributed by atoms with Crippen LogP contribution in [0.5, 0.6) is 0 Å². The van der Waals surface area contributed by atoms with Crippen LogP contribution in [0.15, 0.2) is 11.6 Å². The summed E-state index contributed by atoms with van der Waals surface area (Å²) >= 11 is 0. The Labute approximate surface area is 166 Å². The number of carbonyl (C=O) groups is 3. The number of likely N-dealkylation sites (tertiary alicyclic amines) is 1. The summed E-state index contributed by atoms with van der Waals surface area (Å²) in [5.74, 6) is 2.52. The number of carbonyl (C=O) groups excluding carboxylic acids is 3. The predicted octanol–water partition coefficient (Wildman–Crippen LogP) is 0.730. The number of terminal acetylenes is 1. The van der Waals surface area contributed by atoms with Gasteiger partial charge in [-0.25, -0.2) is 4.79 Å². The van der Waals surface area contributed by atoms with Crippen molar-refractivity contribution in [3.63, 3.8) is 0 Å². The number of hydrogen-bond donors (Lipinski definition) is 0. The molecule has 2 aliphatic rings. The molecule has 0 N–H and O–H groups in total. The molecule has 2 aliphatic heterocycles. The van der Waals surface area contributed by atoms with Crippen LogP contribution in [0.1, 0.15) is 20.3 Å². The van der Waals surface area contributed by atoms with Crippen LogP contribution in [0.25, 0.3) is 0 Å². The minimum Gasteiger partial charge on any atom is -0.468 e. The lowest BCUT2D eigenvalue weighted by molar-refractivity contribution is -0.129. The zero-order valence-electron chi connectivity index (χ0n) is 16.8. The molecule has 2 heterocycles. The SMILES string of the molecule is C#C/C(=C\C(C)(C)N1CCN(C(=O)OC)CC1)C(=O)N1CCC(COC=O)C1. The molecule has 0 spiro atoms. The molecule has 8 heteroatoms. The molecule has 0 bridgehead atoms. The maximum Gasteiger partial charge on any atom is 0.409 e. The molecule has 0 saturated carbocycles. The number of nitrogens with zero attached hydrogens (tertiary/aromatic N) is 3. The summed E-state index contributed by atoms with van der Waals surface area (Å²) in [5, 5.41) is 0. The highest BCUT2D eigenvalue weighted by Gasteiger charge is 2.33.